The third-order valence-electron chi connectivity index (χ3n) is 4.17. The van der Waals surface area contributed by atoms with Gasteiger partial charge in [-0.3, -0.25) is 14.4 Å². The summed E-state index contributed by atoms with van der Waals surface area (Å²) in [6.45, 7) is 2.01. The van der Waals surface area contributed by atoms with Gasteiger partial charge in [0.2, 0.25) is 5.91 Å². The topological polar surface area (TPSA) is 78.5 Å². The summed E-state index contributed by atoms with van der Waals surface area (Å²) >= 11 is 5.15. The van der Waals surface area contributed by atoms with Gasteiger partial charge in [0, 0.05) is 12.1 Å². The summed E-state index contributed by atoms with van der Waals surface area (Å²) in [6, 6.07) is 13.5. The minimum Gasteiger partial charge on any atom is -0.332 e. The molecule has 1 aliphatic heterocycles. The number of imide groups is 1. The molecule has 3 amide bonds. The first-order valence-corrected chi connectivity index (χ1v) is 9.10. The number of amides is 3. The Bertz CT molecular complexity index is 891. The van der Waals surface area contributed by atoms with Crippen LogP contribution in [0.15, 0.2) is 48.5 Å². The Balaban J connectivity index is 1.73. The van der Waals surface area contributed by atoms with Crippen molar-refractivity contribution in [3.8, 4) is 0 Å². The number of thiocarbonyl (C=S) groups is 1. The van der Waals surface area contributed by atoms with E-state index in [0.29, 0.717) is 28.9 Å². The highest BCUT2D eigenvalue weighted by Crippen LogP contribution is 2.29. The van der Waals surface area contributed by atoms with E-state index >= 15 is 0 Å². The molecule has 2 aromatic carbocycles. The van der Waals surface area contributed by atoms with Crippen LogP contribution in [0.5, 0.6) is 0 Å². The zero-order valence-electron chi connectivity index (χ0n) is 14.8. The lowest BCUT2D eigenvalue weighted by Gasteiger charge is -2.16. The monoisotopic (exact) mass is 381 g/mol. The third kappa shape index (κ3) is 4.03. The minimum absolute atomic E-state index is 0.147. The Morgan fingerprint density at radius 3 is 2.33 bits per heavy atom. The smallest absolute Gasteiger partial charge is 0.266 e. The van der Waals surface area contributed by atoms with Crippen molar-refractivity contribution < 1.29 is 14.4 Å². The van der Waals surface area contributed by atoms with Gasteiger partial charge in [-0.25, -0.2) is 4.90 Å². The molecular weight excluding hydrogens is 362 g/mol. The highest BCUT2D eigenvalue weighted by atomic mass is 32.1. The summed E-state index contributed by atoms with van der Waals surface area (Å²) in [5.74, 6) is -0.864. The Labute approximate surface area is 162 Å². The maximum atomic E-state index is 12.6. The molecule has 0 aromatic heterocycles. The summed E-state index contributed by atoms with van der Waals surface area (Å²) < 4.78 is 0. The van der Waals surface area contributed by atoms with Gasteiger partial charge >= 0.3 is 0 Å². The molecule has 1 aliphatic rings. The largest absolute Gasteiger partial charge is 0.332 e. The number of fused-ring (bicyclic) bond motifs is 1. The van der Waals surface area contributed by atoms with Crippen molar-refractivity contribution in [1.29, 1.82) is 0 Å². The number of carbonyl (C=O) groups excluding carboxylic acids is 3. The van der Waals surface area contributed by atoms with Gasteiger partial charge < -0.3 is 10.6 Å². The molecule has 27 heavy (non-hydrogen) atoms. The van der Waals surface area contributed by atoms with Crippen LogP contribution in [0.3, 0.4) is 0 Å². The lowest BCUT2D eigenvalue weighted by atomic mass is 10.1. The van der Waals surface area contributed by atoms with Crippen LogP contribution in [0, 0.1) is 0 Å². The molecule has 0 spiro atoms. The van der Waals surface area contributed by atoms with Crippen LogP contribution in [0.25, 0.3) is 0 Å². The van der Waals surface area contributed by atoms with Crippen molar-refractivity contribution >= 4 is 46.4 Å². The first kappa shape index (κ1) is 18.7. The second-order valence-electron chi connectivity index (χ2n) is 6.15. The highest BCUT2D eigenvalue weighted by molar-refractivity contribution is 7.80. The third-order valence-corrected chi connectivity index (χ3v) is 4.37. The summed E-state index contributed by atoms with van der Waals surface area (Å²) in [4.78, 5) is 38.1. The fourth-order valence-corrected chi connectivity index (χ4v) is 3.07. The van der Waals surface area contributed by atoms with Gasteiger partial charge in [0.05, 0.1) is 16.8 Å². The van der Waals surface area contributed by atoms with Crippen LogP contribution in [0.4, 0.5) is 11.4 Å². The molecule has 0 aliphatic carbocycles. The molecule has 0 atom stereocenters. The molecule has 0 bridgehead atoms. The number of anilines is 2. The van der Waals surface area contributed by atoms with E-state index in [4.69, 9.17) is 12.2 Å². The van der Waals surface area contributed by atoms with E-state index in [1.54, 1.807) is 48.5 Å². The van der Waals surface area contributed by atoms with Crippen LogP contribution < -0.4 is 15.5 Å². The van der Waals surface area contributed by atoms with Crippen LogP contribution in [0.2, 0.25) is 0 Å². The van der Waals surface area contributed by atoms with Crippen LogP contribution in [-0.4, -0.2) is 22.8 Å². The molecule has 0 fully saturated rings. The van der Waals surface area contributed by atoms with Crippen molar-refractivity contribution in [2.45, 2.75) is 26.2 Å². The first-order chi connectivity index (χ1) is 13.0. The Hall–Kier alpha value is -3.06. The average Bonchev–Trinajstić information content (AvgIpc) is 2.91. The Morgan fingerprint density at radius 1 is 1.04 bits per heavy atom. The van der Waals surface area contributed by atoms with Gasteiger partial charge in [-0.05, 0) is 49.0 Å². The lowest BCUT2D eigenvalue weighted by molar-refractivity contribution is -0.119. The molecule has 2 aromatic rings. The number of hydrogen-bond donors (Lipinski definition) is 2. The number of rotatable bonds is 5. The van der Waals surface area contributed by atoms with Gasteiger partial charge in [0.25, 0.3) is 11.8 Å². The van der Waals surface area contributed by atoms with E-state index in [9.17, 15) is 14.4 Å². The second-order valence-corrected chi connectivity index (χ2v) is 6.56. The maximum absolute atomic E-state index is 12.6. The molecule has 0 unspecified atom stereocenters. The molecule has 2 N–H and O–H groups in total. The van der Waals surface area contributed by atoms with Crippen molar-refractivity contribution in [3.63, 3.8) is 0 Å². The number of unbranched alkanes of at least 4 members (excludes halogenated alkanes) is 1. The number of hydrogen-bond acceptors (Lipinski definition) is 4. The average molecular weight is 381 g/mol. The fourth-order valence-electron chi connectivity index (χ4n) is 2.84. The number of benzene rings is 2. The number of carbonyl (C=O) groups is 3. The fraction of sp³-hybridized carbons (Fsp3) is 0.200. The van der Waals surface area contributed by atoms with E-state index in [2.05, 4.69) is 10.6 Å². The molecule has 0 saturated carbocycles. The summed E-state index contributed by atoms with van der Waals surface area (Å²) in [5.41, 5.74) is 1.79. The van der Waals surface area contributed by atoms with Gasteiger partial charge in [0.1, 0.15) is 0 Å². The van der Waals surface area contributed by atoms with Gasteiger partial charge in [-0.15, -0.1) is 0 Å². The van der Waals surface area contributed by atoms with Crippen molar-refractivity contribution in [2.24, 2.45) is 0 Å². The van der Waals surface area contributed by atoms with Gasteiger partial charge in [-0.2, -0.15) is 0 Å². The summed E-state index contributed by atoms with van der Waals surface area (Å²) in [5, 5.41) is 5.71. The van der Waals surface area contributed by atoms with E-state index in [1.807, 2.05) is 6.92 Å². The summed E-state index contributed by atoms with van der Waals surface area (Å²) in [6.07, 6.45) is 2.13. The van der Waals surface area contributed by atoms with Gasteiger partial charge in [0.15, 0.2) is 5.11 Å². The SMILES string of the molecule is CCCCC(=O)NC(=S)Nc1cccc(N2C(=O)c3ccccc3C2=O)c1. The highest BCUT2D eigenvalue weighted by Gasteiger charge is 2.36. The number of nitrogens with zero attached hydrogens (tertiary/aromatic N) is 1. The van der Waals surface area contributed by atoms with E-state index in [-0.39, 0.29) is 22.8 Å². The maximum Gasteiger partial charge on any atom is 0.266 e. The van der Waals surface area contributed by atoms with Crippen molar-refractivity contribution in [3.05, 3.63) is 59.7 Å². The molecule has 6 nitrogen and oxygen atoms in total. The minimum atomic E-state index is -0.358. The molecule has 138 valence electrons. The predicted octanol–water partition coefficient (Wildman–Crippen LogP) is 3.49. The lowest BCUT2D eigenvalue weighted by Crippen LogP contribution is -2.34. The second kappa shape index (κ2) is 8.09. The van der Waals surface area contributed by atoms with E-state index in [1.165, 1.54) is 0 Å². The van der Waals surface area contributed by atoms with Crippen LogP contribution >= 0.6 is 12.2 Å². The normalized spacial score (nSPS) is 12.7. The van der Waals surface area contributed by atoms with Crippen LogP contribution in [-0.2, 0) is 4.79 Å². The van der Waals surface area contributed by atoms with Crippen LogP contribution in [0.1, 0.15) is 46.9 Å². The predicted molar refractivity (Wildman–Crippen MR) is 108 cm³/mol. The van der Waals surface area contributed by atoms with Crippen molar-refractivity contribution in [2.75, 3.05) is 10.2 Å². The van der Waals surface area contributed by atoms with E-state index < -0.39 is 0 Å². The zero-order chi connectivity index (χ0) is 19.4. The quantitative estimate of drug-likeness (QED) is 0.612. The van der Waals surface area contributed by atoms with Gasteiger partial charge in [-0.1, -0.05) is 31.5 Å². The first-order valence-electron chi connectivity index (χ1n) is 8.70. The van der Waals surface area contributed by atoms with E-state index in [0.717, 1.165) is 17.7 Å². The summed E-state index contributed by atoms with van der Waals surface area (Å²) in [7, 11) is 0. The number of nitrogens with one attached hydrogen (secondary N) is 2. The standard InChI is InChI=1S/C20H19N3O3S/c1-2-3-11-17(24)22-20(27)21-13-7-6-8-14(12-13)23-18(25)15-9-4-5-10-16(15)19(23)26/h4-10,12H,2-3,11H2,1H3,(H2,21,22,24,27). The molecule has 0 saturated heterocycles. The Morgan fingerprint density at radius 2 is 1.70 bits per heavy atom. The molecule has 7 heteroatoms. The van der Waals surface area contributed by atoms with Crippen molar-refractivity contribution in [1.82, 2.24) is 5.32 Å². The molecule has 1 heterocycles. The molecular formula is C20H19N3O3S. The zero-order valence-corrected chi connectivity index (χ0v) is 15.6. The molecule has 3 rings (SSSR count). The Kier molecular flexibility index (Phi) is 5.61. The molecule has 0 radical (unpaired) electrons.